The third-order valence-corrected chi connectivity index (χ3v) is 2.18. The van der Waals surface area contributed by atoms with Crippen LogP contribution in [0.3, 0.4) is 0 Å². The molecule has 2 aromatic rings. The van der Waals surface area contributed by atoms with Gasteiger partial charge in [-0.2, -0.15) is 0 Å². The molecule has 1 aromatic heterocycles. The first-order valence-electron chi connectivity index (χ1n) is 3.29. The van der Waals surface area contributed by atoms with Crippen LogP contribution >= 0.6 is 15.9 Å². The number of benzene rings is 1. The largest absolute Gasteiger partial charge is 0.339 e. The van der Waals surface area contributed by atoms with E-state index in [1.807, 2.05) is 30.5 Å². The fourth-order valence-corrected chi connectivity index (χ4v) is 1.51. The highest BCUT2D eigenvalue weighted by Crippen LogP contribution is 2.18. The summed E-state index contributed by atoms with van der Waals surface area (Å²) in [6, 6.07) is 7.99. The molecule has 0 aliphatic heterocycles. The predicted molar refractivity (Wildman–Crippen MR) is 49.8 cm³/mol. The molecule has 1 aromatic carbocycles. The van der Waals surface area contributed by atoms with E-state index < -0.39 is 0 Å². The van der Waals surface area contributed by atoms with Crippen LogP contribution in [0.2, 0.25) is 0 Å². The van der Waals surface area contributed by atoms with Gasteiger partial charge in [0.15, 0.2) is 0 Å². The summed E-state index contributed by atoms with van der Waals surface area (Å²) in [5, 5.41) is 1.15. The summed E-state index contributed by atoms with van der Waals surface area (Å²) < 4.78 is 2.69. The summed E-state index contributed by atoms with van der Waals surface area (Å²) in [7, 11) is 0. The van der Waals surface area contributed by atoms with Crippen LogP contribution in [0.25, 0.3) is 10.9 Å². The van der Waals surface area contributed by atoms with E-state index in [9.17, 15) is 0 Å². The van der Waals surface area contributed by atoms with Crippen molar-refractivity contribution in [3.63, 3.8) is 0 Å². The van der Waals surface area contributed by atoms with Crippen LogP contribution in [0.4, 0.5) is 0 Å². The van der Waals surface area contributed by atoms with E-state index in [4.69, 9.17) is 5.84 Å². The van der Waals surface area contributed by atoms with Crippen LogP contribution in [0, 0.1) is 0 Å². The first-order chi connectivity index (χ1) is 5.27. The van der Waals surface area contributed by atoms with Gasteiger partial charge in [-0.15, -0.1) is 0 Å². The molecule has 3 heteroatoms. The number of hydrogen-bond acceptors (Lipinski definition) is 1. The minimum absolute atomic E-state index is 1.05. The van der Waals surface area contributed by atoms with E-state index in [1.165, 1.54) is 0 Å². The zero-order chi connectivity index (χ0) is 7.84. The van der Waals surface area contributed by atoms with Gasteiger partial charge >= 0.3 is 0 Å². The third kappa shape index (κ3) is 1.01. The highest BCUT2D eigenvalue weighted by atomic mass is 79.9. The Morgan fingerprint density at radius 2 is 2.09 bits per heavy atom. The van der Waals surface area contributed by atoms with Gasteiger partial charge in [0.25, 0.3) is 0 Å². The van der Waals surface area contributed by atoms with Crippen molar-refractivity contribution >= 4 is 26.8 Å². The lowest BCUT2D eigenvalue weighted by molar-refractivity contribution is 1.07. The van der Waals surface area contributed by atoms with Gasteiger partial charge in [-0.3, -0.25) is 4.68 Å². The lowest BCUT2D eigenvalue weighted by atomic mass is 10.3. The lowest BCUT2D eigenvalue weighted by Crippen LogP contribution is -2.04. The number of halogens is 1. The number of hydrogen-bond donors (Lipinski definition) is 1. The van der Waals surface area contributed by atoms with Gasteiger partial charge in [0.05, 0.1) is 5.52 Å². The van der Waals surface area contributed by atoms with Gasteiger partial charge in [-0.1, -0.05) is 15.9 Å². The molecule has 0 saturated carbocycles. The molecule has 0 aliphatic carbocycles. The molecule has 0 fully saturated rings. The molecule has 0 saturated heterocycles. The monoisotopic (exact) mass is 210 g/mol. The molecule has 11 heavy (non-hydrogen) atoms. The molecule has 0 unspecified atom stereocenters. The second-order valence-corrected chi connectivity index (χ2v) is 3.34. The molecule has 0 aliphatic rings. The minimum atomic E-state index is 1.05. The van der Waals surface area contributed by atoms with E-state index in [2.05, 4.69) is 15.9 Å². The summed E-state index contributed by atoms with van der Waals surface area (Å²) in [6.07, 6.45) is 1.84. The predicted octanol–water partition coefficient (Wildman–Crippen LogP) is 2.12. The van der Waals surface area contributed by atoms with Crippen molar-refractivity contribution in [1.29, 1.82) is 0 Å². The Kier molecular flexibility index (Phi) is 1.39. The maximum atomic E-state index is 5.63. The Labute approximate surface area is 72.7 Å². The summed E-state index contributed by atoms with van der Waals surface area (Å²) in [5.74, 6) is 5.63. The maximum absolute atomic E-state index is 5.63. The van der Waals surface area contributed by atoms with Crippen LogP contribution in [0.15, 0.2) is 34.9 Å². The minimum Gasteiger partial charge on any atom is -0.339 e. The fraction of sp³-hybridized carbons (Fsp3) is 0. The van der Waals surface area contributed by atoms with Gasteiger partial charge in [-0.05, 0) is 24.3 Å². The molecule has 0 atom stereocenters. The Bertz CT molecular complexity index is 392. The van der Waals surface area contributed by atoms with Crippen LogP contribution in [0.1, 0.15) is 0 Å². The maximum Gasteiger partial charge on any atom is 0.0690 e. The fourth-order valence-electron chi connectivity index (χ4n) is 1.13. The molecule has 56 valence electrons. The summed E-state index contributed by atoms with van der Waals surface area (Å²) in [6.45, 7) is 0. The number of nitrogens with zero attached hydrogens (tertiary/aromatic N) is 1. The summed E-state index contributed by atoms with van der Waals surface area (Å²) >= 11 is 3.39. The topological polar surface area (TPSA) is 30.9 Å². The number of rotatable bonds is 0. The second-order valence-electron chi connectivity index (χ2n) is 2.43. The Morgan fingerprint density at radius 1 is 1.27 bits per heavy atom. The highest BCUT2D eigenvalue weighted by Gasteiger charge is 1.96. The van der Waals surface area contributed by atoms with Crippen molar-refractivity contribution in [3.8, 4) is 0 Å². The van der Waals surface area contributed by atoms with E-state index >= 15 is 0 Å². The molecule has 0 amide bonds. The summed E-state index contributed by atoms with van der Waals surface area (Å²) in [5.41, 5.74) is 1.05. The van der Waals surface area contributed by atoms with Crippen molar-refractivity contribution in [2.75, 3.05) is 5.84 Å². The SMILES string of the molecule is Nn1ccc2cc(Br)ccc21. The van der Waals surface area contributed by atoms with E-state index in [-0.39, 0.29) is 0 Å². The van der Waals surface area contributed by atoms with E-state index in [0.717, 1.165) is 15.4 Å². The van der Waals surface area contributed by atoms with Crippen molar-refractivity contribution in [3.05, 3.63) is 34.9 Å². The molecule has 2 rings (SSSR count). The first-order valence-corrected chi connectivity index (χ1v) is 4.08. The molecular weight excluding hydrogens is 204 g/mol. The Morgan fingerprint density at radius 3 is 2.91 bits per heavy atom. The zero-order valence-corrected chi connectivity index (χ0v) is 7.38. The lowest BCUT2D eigenvalue weighted by Gasteiger charge is -1.95. The second kappa shape index (κ2) is 2.27. The molecule has 1 heterocycles. The molecule has 0 spiro atoms. The zero-order valence-electron chi connectivity index (χ0n) is 5.79. The number of nitrogens with two attached hydrogens (primary N) is 1. The number of nitrogen functional groups attached to an aromatic ring is 1. The average Bonchev–Trinajstić information content (AvgIpc) is 2.32. The number of fused-ring (bicyclic) bond motifs is 1. The van der Waals surface area contributed by atoms with Crippen molar-refractivity contribution < 1.29 is 0 Å². The van der Waals surface area contributed by atoms with Crippen LogP contribution in [0.5, 0.6) is 0 Å². The van der Waals surface area contributed by atoms with E-state index in [0.29, 0.717) is 0 Å². The van der Waals surface area contributed by atoms with E-state index in [1.54, 1.807) is 4.68 Å². The molecule has 0 radical (unpaired) electrons. The smallest absolute Gasteiger partial charge is 0.0690 e. The van der Waals surface area contributed by atoms with Crippen molar-refractivity contribution in [2.24, 2.45) is 0 Å². The van der Waals surface area contributed by atoms with Gasteiger partial charge < -0.3 is 5.84 Å². The average molecular weight is 211 g/mol. The van der Waals surface area contributed by atoms with Crippen LogP contribution in [-0.2, 0) is 0 Å². The van der Waals surface area contributed by atoms with Gasteiger partial charge in [-0.25, -0.2) is 0 Å². The molecule has 2 nitrogen and oxygen atoms in total. The van der Waals surface area contributed by atoms with Gasteiger partial charge in [0, 0.05) is 16.1 Å². The van der Waals surface area contributed by atoms with Gasteiger partial charge in [0.2, 0.25) is 0 Å². The van der Waals surface area contributed by atoms with Crippen LogP contribution in [-0.4, -0.2) is 4.68 Å². The first kappa shape index (κ1) is 6.73. The standard InChI is InChI=1S/C8H7BrN2/c9-7-1-2-8-6(5-7)3-4-11(8)10/h1-5H,10H2. The molecule has 0 bridgehead atoms. The summed E-state index contributed by atoms with van der Waals surface area (Å²) in [4.78, 5) is 0. The van der Waals surface area contributed by atoms with Crippen molar-refractivity contribution in [1.82, 2.24) is 4.68 Å². The number of aromatic nitrogens is 1. The van der Waals surface area contributed by atoms with Crippen LogP contribution < -0.4 is 5.84 Å². The van der Waals surface area contributed by atoms with Crippen molar-refractivity contribution in [2.45, 2.75) is 0 Å². The normalized spacial score (nSPS) is 10.6. The third-order valence-electron chi connectivity index (χ3n) is 1.68. The molecule has 2 N–H and O–H groups in total. The Balaban J connectivity index is 2.86. The Hall–Kier alpha value is -0.960. The quantitative estimate of drug-likeness (QED) is 0.664. The molecular formula is C8H7BrN2. The highest BCUT2D eigenvalue weighted by molar-refractivity contribution is 9.10. The van der Waals surface area contributed by atoms with Gasteiger partial charge in [0.1, 0.15) is 0 Å².